The molecule has 0 amide bonds. The lowest BCUT2D eigenvalue weighted by molar-refractivity contribution is 0.136. The molecule has 1 aromatic heterocycles. The van der Waals surface area contributed by atoms with Crippen LogP contribution in [0.2, 0.25) is 0 Å². The molecule has 1 aliphatic rings. The summed E-state index contributed by atoms with van der Waals surface area (Å²) in [7, 11) is 0. The van der Waals surface area contributed by atoms with Crippen LogP contribution in [-0.4, -0.2) is 29.6 Å². The molecule has 0 radical (unpaired) electrons. The van der Waals surface area contributed by atoms with Crippen LogP contribution in [0.3, 0.4) is 0 Å². The van der Waals surface area contributed by atoms with Crippen molar-refractivity contribution < 1.29 is 4.74 Å². The lowest BCUT2D eigenvalue weighted by Gasteiger charge is -2.31. The molecule has 0 bridgehead atoms. The molecule has 2 heterocycles. The maximum Gasteiger partial charge on any atom is 0.119 e. The first kappa shape index (κ1) is 17.0. The van der Waals surface area contributed by atoms with E-state index in [-0.39, 0.29) is 0 Å². The molecule has 3 heteroatoms. The van der Waals surface area contributed by atoms with Crippen molar-refractivity contribution in [2.24, 2.45) is 5.92 Å². The number of pyridine rings is 1. The zero-order valence-corrected chi connectivity index (χ0v) is 14.8. The van der Waals surface area contributed by atoms with Gasteiger partial charge in [-0.05, 0) is 67.6 Å². The summed E-state index contributed by atoms with van der Waals surface area (Å²) >= 11 is 0. The van der Waals surface area contributed by atoms with E-state index in [1.165, 1.54) is 18.4 Å². The van der Waals surface area contributed by atoms with Gasteiger partial charge in [0.25, 0.3) is 0 Å². The summed E-state index contributed by atoms with van der Waals surface area (Å²) in [4.78, 5) is 6.92. The van der Waals surface area contributed by atoms with Crippen LogP contribution in [0.1, 0.15) is 43.9 Å². The smallest absolute Gasteiger partial charge is 0.119 e. The third-order valence-corrected chi connectivity index (χ3v) is 4.85. The van der Waals surface area contributed by atoms with Crippen LogP contribution in [0.5, 0.6) is 5.75 Å². The molecule has 0 saturated carbocycles. The van der Waals surface area contributed by atoms with Crippen molar-refractivity contribution in [3.63, 3.8) is 0 Å². The summed E-state index contributed by atoms with van der Waals surface area (Å²) in [6, 6.07) is 14.7. The normalized spacial score (nSPS) is 16.5. The van der Waals surface area contributed by atoms with E-state index in [0.29, 0.717) is 11.8 Å². The van der Waals surface area contributed by atoms with Crippen LogP contribution < -0.4 is 4.74 Å². The highest BCUT2D eigenvalue weighted by Gasteiger charge is 2.20. The van der Waals surface area contributed by atoms with Crippen LogP contribution in [0.25, 0.3) is 0 Å². The molecule has 24 heavy (non-hydrogen) atoms. The number of nitrogens with zero attached hydrogens (tertiary/aromatic N) is 2. The highest BCUT2D eigenvalue weighted by atomic mass is 16.5. The van der Waals surface area contributed by atoms with Crippen LogP contribution in [-0.2, 0) is 6.54 Å². The second kappa shape index (κ2) is 8.29. The van der Waals surface area contributed by atoms with E-state index in [2.05, 4.69) is 60.1 Å². The average molecular weight is 324 g/mol. The fourth-order valence-corrected chi connectivity index (χ4v) is 3.20. The van der Waals surface area contributed by atoms with Crippen LogP contribution in [0.15, 0.2) is 48.7 Å². The minimum Gasteiger partial charge on any atom is -0.493 e. The van der Waals surface area contributed by atoms with Crippen molar-refractivity contribution in [2.75, 3.05) is 19.7 Å². The Morgan fingerprint density at radius 2 is 1.83 bits per heavy atom. The molecule has 0 unspecified atom stereocenters. The van der Waals surface area contributed by atoms with Crippen molar-refractivity contribution in [3.05, 3.63) is 59.9 Å². The van der Waals surface area contributed by atoms with Gasteiger partial charge in [-0.3, -0.25) is 9.88 Å². The Balaban J connectivity index is 1.41. The molecule has 128 valence electrons. The number of rotatable bonds is 6. The summed E-state index contributed by atoms with van der Waals surface area (Å²) in [5, 5.41) is 0. The van der Waals surface area contributed by atoms with Gasteiger partial charge in [0.2, 0.25) is 0 Å². The second-order valence-corrected chi connectivity index (χ2v) is 7.08. The van der Waals surface area contributed by atoms with Gasteiger partial charge in [-0.15, -0.1) is 0 Å². The first-order chi connectivity index (χ1) is 11.7. The third kappa shape index (κ3) is 4.81. The standard InChI is InChI=1S/C21H28N2O/c1-17(2)19-6-8-21(9-7-19)24-16-18-10-13-23(14-11-18)15-20-5-3-4-12-22-20/h3-9,12,17-18H,10-11,13-16H2,1-2H3. The number of likely N-dealkylation sites (tertiary alicyclic amines) is 1. The fourth-order valence-electron chi connectivity index (χ4n) is 3.20. The monoisotopic (exact) mass is 324 g/mol. The van der Waals surface area contributed by atoms with E-state index in [0.717, 1.165) is 37.7 Å². The third-order valence-electron chi connectivity index (χ3n) is 4.85. The number of ether oxygens (including phenoxy) is 1. The number of aromatic nitrogens is 1. The predicted molar refractivity (Wildman–Crippen MR) is 98.3 cm³/mol. The minimum absolute atomic E-state index is 0.572. The van der Waals surface area contributed by atoms with E-state index in [1.807, 2.05) is 12.3 Å². The molecule has 3 rings (SSSR count). The lowest BCUT2D eigenvalue weighted by atomic mass is 9.97. The highest BCUT2D eigenvalue weighted by molar-refractivity contribution is 5.28. The van der Waals surface area contributed by atoms with Gasteiger partial charge in [0.05, 0.1) is 12.3 Å². The van der Waals surface area contributed by atoms with Gasteiger partial charge in [0.1, 0.15) is 5.75 Å². The Bertz CT molecular complexity index is 601. The van der Waals surface area contributed by atoms with Crippen molar-refractivity contribution in [1.82, 2.24) is 9.88 Å². The Labute approximate surface area is 145 Å². The molecule has 0 N–H and O–H groups in total. The average Bonchev–Trinajstić information content (AvgIpc) is 2.62. The number of piperidine rings is 1. The molecular formula is C21H28N2O. The van der Waals surface area contributed by atoms with Gasteiger partial charge < -0.3 is 4.74 Å². The van der Waals surface area contributed by atoms with Crippen molar-refractivity contribution in [1.29, 1.82) is 0 Å². The quantitative estimate of drug-likeness (QED) is 0.782. The number of hydrogen-bond acceptors (Lipinski definition) is 3. The largest absolute Gasteiger partial charge is 0.493 e. The van der Waals surface area contributed by atoms with E-state index < -0.39 is 0 Å². The molecule has 0 spiro atoms. The Hall–Kier alpha value is -1.87. The topological polar surface area (TPSA) is 25.4 Å². The fraction of sp³-hybridized carbons (Fsp3) is 0.476. The van der Waals surface area contributed by atoms with Gasteiger partial charge in [0, 0.05) is 12.7 Å². The van der Waals surface area contributed by atoms with Crippen LogP contribution in [0.4, 0.5) is 0 Å². The second-order valence-electron chi connectivity index (χ2n) is 7.08. The van der Waals surface area contributed by atoms with Crippen LogP contribution >= 0.6 is 0 Å². The van der Waals surface area contributed by atoms with Gasteiger partial charge >= 0.3 is 0 Å². The number of benzene rings is 1. The first-order valence-electron chi connectivity index (χ1n) is 9.06. The summed E-state index contributed by atoms with van der Waals surface area (Å²) in [5.74, 6) is 2.23. The molecule has 1 aromatic carbocycles. The summed E-state index contributed by atoms with van der Waals surface area (Å²) in [6.45, 7) is 8.50. The molecule has 0 atom stereocenters. The summed E-state index contributed by atoms with van der Waals surface area (Å²) in [6.07, 6.45) is 4.29. The zero-order chi connectivity index (χ0) is 16.8. The zero-order valence-electron chi connectivity index (χ0n) is 14.8. The van der Waals surface area contributed by atoms with Crippen molar-refractivity contribution >= 4 is 0 Å². The summed E-state index contributed by atoms with van der Waals surface area (Å²) < 4.78 is 6.00. The maximum atomic E-state index is 6.00. The van der Waals surface area contributed by atoms with Crippen molar-refractivity contribution in [3.8, 4) is 5.75 Å². The van der Waals surface area contributed by atoms with E-state index in [1.54, 1.807) is 0 Å². The molecule has 3 nitrogen and oxygen atoms in total. The molecule has 0 aliphatic carbocycles. The van der Waals surface area contributed by atoms with E-state index >= 15 is 0 Å². The van der Waals surface area contributed by atoms with Gasteiger partial charge in [-0.25, -0.2) is 0 Å². The molecule has 1 saturated heterocycles. The molecular weight excluding hydrogens is 296 g/mol. The molecule has 1 aliphatic heterocycles. The Morgan fingerprint density at radius 3 is 2.46 bits per heavy atom. The van der Waals surface area contributed by atoms with Gasteiger partial charge in [-0.2, -0.15) is 0 Å². The van der Waals surface area contributed by atoms with Gasteiger partial charge in [-0.1, -0.05) is 32.0 Å². The molecule has 1 fully saturated rings. The minimum atomic E-state index is 0.572. The maximum absolute atomic E-state index is 6.00. The number of hydrogen-bond donors (Lipinski definition) is 0. The summed E-state index contributed by atoms with van der Waals surface area (Å²) in [5.41, 5.74) is 2.53. The van der Waals surface area contributed by atoms with Crippen LogP contribution in [0, 0.1) is 5.92 Å². The predicted octanol–water partition coefficient (Wildman–Crippen LogP) is 4.50. The SMILES string of the molecule is CC(C)c1ccc(OCC2CCN(Cc3ccccn3)CC2)cc1. The first-order valence-corrected chi connectivity index (χ1v) is 9.06. The highest BCUT2D eigenvalue weighted by Crippen LogP contribution is 2.22. The molecule has 2 aromatic rings. The van der Waals surface area contributed by atoms with E-state index in [9.17, 15) is 0 Å². The van der Waals surface area contributed by atoms with Gasteiger partial charge in [0.15, 0.2) is 0 Å². The Kier molecular flexibility index (Phi) is 5.86. The van der Waals surface area contributed by atoms with E-state index in [4.69, 9.17) is 4.74 Å². The Morgan fingerprint density at radius 1 is 1.08 bits per heavy atom. The lowest BCUT2D eigenvalue weighted by Crippen LogP contribution is -2.35. The van der Waals surface area contributed by atoms with Crippen molar-refractivity contribution in [2.45, 2.75) is 39.2 Å².